The summed E-state index contributed by atoms with van der Waals surface area (Å²) in [6.45, 7) is 8.61. The number of carbonyl (C=O) groups excluding carboxylic acids is 2. The van der Waals surface area contributed by atoms with Crippen LogP contribution in [0.2, 0.25) is 0 Å². The number of aliphatic hydroxyl groups excluding tert-OH is 1. The highest BCUT2D eigenvalue weighted by Gasteiger charge is 2.31. The molecule has 0 spiro atoms. The van der Waals surface area contributed by atoms with Crippen molar-refractivity contribution in [1.82, 2.24) is 30.4 Å². The lowest BCUT2D eigenvalue weighted by molar-refractivity contribution is -0.142. The van der Waals surface area contributed by atoms with E-state index in [1.165, 1.54) is 9.70 Å². The number of hydrogen-bond donors (Lipinski definition) is 2. The molecule has 0 unspecified atom stereocenters. The van der Waals surface area contributed by atoms with Crippen LogP contribution in [0, 0.1) is 19.8 Å². The normalized spacial score (nSPS) is 11.9. The number of nitrogens with one attached hydrogen (secondary N) is 1. The van der Waals surface area contributed by atoms with Crippen LogP contribution in [-0.4, -0.2) is 61.7 Å². The molecule has 0 aliphatic rings. The molecule has 0 aliphatic carbocycles. The highest BCUT2D eigenvalue weighted by atomic mass is 16.3. The summed E-state index contributed by atoms with van der Waals surface area (Å²) < 4.78 is 0. The third-order valence-corrected chi connectivity index (χ3v) is 5.89. The Balaban J connectivity index is 1.85. The molecule has 0 radical (unpaired) electrons. The molecular weight excluding hydrogens is 456 g/mol. The zero-order chi connectivity index (χ0) is 26.1. The van der Waals surface area contributed by atoms with E-state index in [0.29, 0.717) is 30.3 Å². The SMILES string of the molecule is Cc1ccc(-c2nnn(CC(=O)N(CCCO)[C@@H](C(=O)NCCC(C)C)c3ccc(C)cc3)n2)cc1. The number of benzene rings is 2. The van der Waals surface area contributed by atoms with Crippen LogP contribution in [0.25, 0.3) is 11.4 Å². The van der Waals surface area contributed by atoms with Crippen LogP contribution in [0.1, 0.15) is 49.4 Å². The maximum absolute atomic E-state index is 13.5. The van der Waals surface area contributed by atoms with Crippen LogP contribution in [-0.2, 0) is 16.1 Å². The fourth-order valence-corrected chi connectivity index (χ4v) is 3.78. The van der Waals surface area contributed by atoms with Gasteiger partial charge in [-0.15, -0.1) is 10.2 Å². The van der Waals surface area contributed by atoms with Gasteiger partial charge in [-0.25, -0.2) is 0 Å². The third-order valence-electron chi connectivity index (χ3n) is 5.89. The van der Waals surface area contributed by atoms with Gasteiger partial charge in [-0.1, -0.05) is 73.5 Å². The molecule has 0 fully saturated rings. The largest absolute Gasteiger partial charge is 0.396 e. The van der Waals surface area contributed by atoms with E-state index < -0.39 is 6.04 Å². The lowest BCUT2D eigenvalue weighted by Crippen LogP contribution is -2.46. The summed E-state index contributed by atoms with van der Waals surface area (Å²) in [4.78, 5) is 29.6. The monoisotopic (exact) mass is 492 g/mol. The van der Waals surface area contributed by atoms with Gasteiger partial charge in [0.25, 0.3) is 0 Å². The van der Waals surface area contributed by atoms with E-state index in [9.17, 15) is 14.7 Å². The number of nitrogens with zero attached hydrogens (tertiary/aromatic N) is 5. The van der Waals surface area contributed by atoms with Crippen molar-refractivity contribution in [2.24, 2.45) is 5.92 Å². The number of tetrazole rings is 1. The van der Waals surface area contributed by atoms with Gasteiger partial charge in [0, 0.05) is 25.3 Å². The van der Waals surface area contributed by atoms with Crippen LogP contribution in [0.15, 0.2) is 48.5 Å². The minimum atomic E-state index is -0.836. The fraction of sp³-hybridized carbons (Fsp3) is 0.444. The van der Waals surface area contributed by atoms with Crippen LogP contribution in [0.3, 0.4) is 0 Å². The van der Waals surface area contributed by atoms with Crippen molar-refractivity contribution in [2.75, 3.05) is 19.7 Å². The number of aryl methyl sites for hydroxylation is 2. The molecule has 1 heterocycles. The van der Waals surface area contributed by atoms with E-state index in [2.05, 4.69) is 34.6 Å². The van der Waals surface area contributed by atoms with Gasteiger partial charge < -0.3 is 15.3 Å². The first-order valence-corrected chi connectivity index (χ1v) is 12.4. The number of rotatable bonds is 12. The Morgan fingerprint density at radius 1 is 1.03 bits per heavy atom. The van der Waals surface area contributed by atoms with E-state index in [-0.39, 0.29) is 31.5 Å². The number of carbonyl (C=O) groups is 2. The summed E-state index contributed by atoms with van der Waals surface area (Å²) >= 11 is 0. The predicted octanol–water partition coefficient (Wildman–Crippen LogP) is 3.07. The van der Waals surface area contributed by atoms with Gasteiger partial charge in [0.2, 0.25) is 17.6 Å². The molecule has 3 aromatic rings. The Morgan fingerprint density at radius 3 is 2.28 bits per heavy atom. The first kappa shape index (κ1) is 27.0. The summed E-state index contributed by atoms with van der Waals surface area (Å²) in [6.07, 6.45) is 1.17. The maximum atomic E-state index is 13.5. The van der Waals surface area contributed by atoms with E-state index in [1.54, 1.807) is 0 Å². The van der Waals surface area contributed by atoms with Gasteiger partial charge in [-0.2, -0.15) is 4.80 Å². The Labute approximate surface area is 212 Å². The maximum Gasteiger partial charge on any atom is 0.247 e. The van der Waals surface area contributed by atoms with Crippen molar-refractivity contribution in [2.45, 2.75) is 53.1 Å². The van der Waals surface area contributed by atoms with E-state index in [0.717, 1.165) is 23.1 Å². The Morgan fingerprint density at radius 2 is 1.67 bits per heavy atom. The molecule has 1 aromatic heterocycles. The van der Waals surface area contributed by atoms with Crippen LogP contribution in [0.5, 0.6) is 0 Å². The van der Waals surface area contributed by atoms with Gasteiger partial charge in [-0.3, -0.25) is 9.59 Å². The summed E-state index contributed by atoms with van der Waals surface area (Å²) in [5.74, 6) is 0.279. The molecule has 36 heavy (non-hydrogen) atoms. The third kappa shape index (κ3) is 7.45. The molecule has 192 valence electrons. The smallest absolute Gasteiger partial charge is 0.247 e. The second-order valence-corrected chi connectivity index (χ2v) is 9.46. The molecule has 0 saturated heterocycles. The predicted molar refractivity (Wildman–Crippen MR) is 138 cm³/mol. The molecule has 2 amide bonds. The number of aliphatic hydroxyl groups is 1. The lowest BCUT2D eigenvalue weighted by Gasteiger charge is -2.31. The van der Waals surface area contributed by atoms with Gasteiger partial charge in [-0.05, 0) is 43.4 Å². The molecule has 3 rings (SSSR count). The van der Waals surface area contributed by atoms with Gasteiger partial charge in [0.1, 0.15) is 12.6 Å². The average molecular weight is 493 g/mol. The van der Waals surface area contributed by atoms with Gasteiger partial charge >= 0.3 is 0 Å². The molecule has 9 nitrogen and oxygen atoms in total. The molecule has 2 aromatic carbocycles. The molecule has 0 saturated carbocycles. The molecular formula is C27H36N6O3. The van der Waals surface area contributed by atoms with E-state index in [4.69, 9.17) is 0 Å². The van der Waals surface area contributed by atoms with E-state index >= 15 is 0 Å². The summed E-state index contributed by atoms with van der Waals surface area (Å²) in [7, 11) is 0. The Kier molecular flexibility index (Phi) is 9.69. The first-order chi connectivity index (χ1) is 17.3. The Bertz CT molecular complexity index is 1130. The molecule has 2 N–H and O–H groups in total. The molecule has 9 heteroatoms. The Hall–Kier alpha value is -3.59. The number of amides is 2. The minimum absolute atomic E-state index is 0.0987. The van der Waals surface area contributed by atoms with Crippen LogP contribution >= 0.6 is 0 Å². The second kappa shape index (κ2) is 12.9. The standard InChI is InChI=1S/C27H36N6O3/c1-19(2)14-15-28-27(36)25(22-10-6-20(3)7-11-22)32(16-5-17-34)24(35)18-33-30-26(29-31-33)23-12-8-21(4)9-13-23/h6-13,19,25,34H,5,14-18H2,1-4H3,(H,28,36)/t25-/m1/s1. The van der Waals surface area contributed by atoms with Crippen molar-refractivity contribution in [3.8, 4) is 11.4 Å². The molecule has 1 atom stereocenters. The molecule has 0 bridgehead atoms. The first-order valence-electron chi connectivity index (χ1n) is 12.4. The van der Waals surface area contributed by atoms with Crippen LogP contribution in [0.4, 0.5) is 0 Å². The topological polar surface area (TPSA) is 113 Å². The summed E-state index contributed by atoms with van der Waals surface area (Å²) in [6, 6.07) is 14.5. The fourth-order valence-electron chi connectivity index (χ4n) is 3.78. The van der Waals surface area contributed by atoms with Crippen LogP contribution < -0.4 is 5.32 Å². The van der Waals surface area contributed by atoms with Gasteiger partial charge in [0.15, 0.2) is 0 Å². The lowest BCUT2D eigenvalue weighted by atomic mass is 10.0. The summed E-state index contributed by atoms with van der Waals surface area (Å²) in [5, 5.41) is 25.0. The quantitative estimate of drug-likeness (QED) is 0.402. The highest BCUT2D eigenvalue weighted by Crippen LogP contribution is 2.23. The minimum Gasteiger partial charge on any atom is -0.396 e. The zero-order valence-electron chi connectivity index (χ0n) is 21.5. The van der Waals surface area contributed by atoms with Crippen molar-refractivity contribution >= 4 is 11.8 Å². The number of hydrogen-bond acceptors (Lipinski definition) is 6. The van der Waals surface area contributed by atoms with Crippen molar-refractivity contribution in [3.05, 3.63) is 65.2 Å². The summed E-state index contributed by atoms with van der Waals surface area (Å²) in [5.41, 5.74) is 3.69. The number of aromatic nitrogens is 4. The average Bonchev–Trinajstić information content (AvgIpc) is 3.31. The van der Waals surface area contributed by atoms with Gasteiger partial charge in [0.05, 0.1) is 0 Å². The molecule has 0 aliphatic heterocycles. The van der Waals surface area contributed by atoms with E-state index in [1.807, 2.05) is 62.4 Å². The second-order valence-electron chi connectivity index (χ2n) is 9.46. The highest BCUT2D eigenvalue weighted by molar-refractivity contribution is 5.88. The van der Waals surface area contributed by atoms with Crippen molar-refractivity contribution < 1.29 is 14.7 Å². The van der Waals surface area contributed by atoms with Crippen molar-refractivity contribution in [3.63, 3.8) is 0 Å². The van der Waals surface area contributed by atoms with Crippen molar-refractivity contribution in [1.29, 1.82) is 0 Å². The zero-order valence-corrected chi connectivity index (χ0v) is 21.5.